The van der Waals surface area contributed by atoms with Gasteiger partial charge in [0.25, 0.3) is 0 Å². The molecule has 0 radical (unpaired) electrons. The van der Waals surface area contributed by atoms with Gasteiger partial charge in [0, 0.05) is 28.2 Å². The summed E-state index contributed by atoms with van der Waals surface area (Å²) >= 11 is 18.6. The van der Waals surface area contributed by atoms with E-state index in [4.69, 9.17) is 44.3 Å². The smallest absolute Gasteiger partial charge is 0.180 e. The first-order valence-electron chi connectivity index (χ1n) is 9.23. The van der Waals surface area contributed by atoms with Crippen LogP contribution in [0, 0.1) is 0 Å². The second kappa shape index (κ2) is 9.88. The minimum Gasteiger partial charge on any atom is -0.493 e. The summed E-state index contributed by atoms with van der Waals surface area (Å²) in [5.41, 5.74) is 1.92. The van der Waals surface area contributed by atoms with Crippen LogP contribution in [0.25, 0.3) is 0 Å². The number of ether oxygens (including phenoxy) is 2. The van der Waals surface area contributed by atoms with Crippen molar-refractivity contribution in [3.05, 3.63) is 56.5 Å². The summed E-state index contributed by atoms with van der Waals surface area (Å²) in [5.74, 6) is 1.14. The van der Waals surface area contributed by atoms with Gasteiger partial charge in [0.15, 0.2) is 11.5 Å². The topological polar surface area (TPSA) is 30.5 Å². The van der Waals surface area contributed by atoms with Crippen LogP contribution in [0.2, 0.25) is 15.1 Å². The average Bonchev–Trinajstić information content (AvgIpc) is 2.67. The van der Waals surface area contributed by atoms with Gasteiger partial charge in [-0.2, -0.15) is 0 Å². The van der Waals surface area contributed by atoms with Crippen molar-refractivity contribution in [1.29, 1.82) is 0 Å². The van der Waals surface area contributed by atoms with E-state index >= 15 is 0 Å². The predicted molar refractivity (Wildman–Crippen MR) is 113 cm³/mol. The third-order valence-corrected chi connectivity index (χ3v) is 5.74. The van der Waals surface area contributed by atoms with Gasteiger partial charge in [-0.15, -0.1) is 0 Å². The zero-order chi connectivity index (χ0) is 19.2. The van der Waals surface area contributed by atoms with Crippen LogP contribution in [0.5, 0.6) is 11.5 Å². The van der Waals surface area contributed by atoms with E-state index in [-0.39, 0.29) is 6.61 Å². The predicted octanol–water partition coefficient (Wildman–Crippen LogP) is 6.66. The highest BCUT2D eigenvalue weighted by atomic mass is 35.5. The SMILES string of the molecule is COc1cc(CNC2CCCCC2)cc(Cl)c1OCc1ccc(Cl)cc1Cl. The summed E-state index contributed by atoms with van der Waals surface area (Å²) in [6, 6.07) is 9.81. The van der Waals surface area contributed by atoms with Crippen LogP contribution in [-0.2, 0) is 13.2 Å². The van der Waals surface area contributed by atoms with Gasteiger partial charge in [-0.1, -0.05) is 60.1 Å². The molecule has 0 amide bonds. The zero-order valence-corrected chi connectivity index (χ0v) is 17.6. The van der Waals surface area contributed by atoms with Crippen LogP contribution in [0.3, 0.4) is 0 Å². The molecule has 1 aliphatic rings. The lowest BCUT2D eigenvalue weighted by atomic mass is 9.95. The lowest BCUT2D eigenvalue weighted by Crippen LogP contribution is -2.30. The van der Waals surface area contributed by atoms with Crippen molar-refractivity contribution in [1.82, 2.24) is 5.32 Å². The third kappa shape index (κ3) is 5.68. The van der Waals surface area contributed by atoms with Crippen LogP contribution in [0.4, 0.5) is 0 Å². The van der Waals surface area contributed by atoms with Crippen molar-refractivity contribution in [2.45, 2.75) is 51.3 Å². The highest BCUT2D eigenvalue weighted by Gasteiger charge is 2.16. The van der Waals surface area contributed by atoms with Gasteiger partial charge in [-0.25, -0.2) is 0 Å². The highest BCUT2D eigenvalue weighted by molar-refractivity contribution is 6.35. The molecule has 0 unspecified atom stereocenters. The minimum absolute atomic E-state index is 0.283. The van der Waals surface area contributed by atoms with E-state index in [9.17, 15) is 0 Å². The average molecular weight is 429 g/mol. The number of hydrogen-bond acceptors (Lipinski definition) is 3. The Labute approximate surface area is 175 Å². The largest absolute Gasteiger partial charge is 0.493 e. The molecule has 2 aromatic carbocycles. The first-order valence-corrected chi connectivity index (χ1v) is 10.4. The molecule has 0 aromatic heterocycles. The molecule has 0 heterocycles. The molecule has 0 bridgehead atoms. The van der Waals surface area contributed by atoms with Crippen LogP contribution in [0.15, 0.2) is 30.3 Å². The van der Waals surface area contributed by atoms with Crippen molar-refractivity contribution in [3.63, 3.8) is 0 Å². The maximum absolute atomic E-state index is 6.48. The Morgan fingerprint density at radius 1 is 1.00 bits per heavy atom. The lowest BCUT2D eigenvalue weighted by Gasteiger charge is -2.23. The molecule has 3 rings (SSSR count). The molecule has 2 aromatic rings. The molecule has 3 nitrogen and oxygen atoms in total. The van der Waals surface area contributed by atoms with E-state index in [0.29, 0.717) is 32.6 Å². The van der Waals surface area contributed by atoms with E-state index < -0.39 is 0 Å². The molecule has 1 saturated carbocycles. The molecule has 27 heavy (non-hydrogen) atoms. The normalized spacial score (nSPS) is 15.0. The van der Waals surface area contributed by atoms with Crippen molar-refractivity contribution in [2.75, 3.05) is 7.11 Å². The molecule has 146 valence electrons. The number of rotatable bonds is 7. The second-order valence-corrected chi connectivity index (χ2v) is 8.10. The zero-order valence-electron chi connectivity index (χ0n) is 15.4. The molecule has 0 saturated heterocycles. The van der Waals surface area contributed by atoms with Gasteiger partial charge >= 0.3 is 0 Å². The minimum atomic E-state index is 0.283. The van der Waals surface area contributed by atoms with Gasteiger partial charge in [0.05, 0.1) is 12.1 Å². The molecular formula is C21H24Cl3NO2. The molecule has 1 N–H and O–H groups in total. The van der Waals surface area contributed by atoms with Crippen molar-refractivity contribution in [3.8, 4) is 11.5 Å². The molecule has 0 spiro atoms. The van der Waals surface area contributed by atoms with Crippen LogP contribution in [0.1, 0.15) is 43.2 Å². The highest BCUT2D eigenvalue weighted by Crippen LogP contribution is 2.37. The maximum atomic E-state index is 6.48. The van der Waals surface area contributed by atoms with E-state index in [1.54, 1.807) is 19.2 Å². The third-order valence-electron chi connectivity index (χ3n) is 4.88. The van der Waals surface area contributed by atoms with E-state index in [1.807, 2.05) is 18.2 Å². The maximum Gasteiger partial charge on any atom is 0.180 e. The number of methoxy groups -OCH3 is 1. The van der Waals surface area contributed by atoms with Crippen molar-refractivity contribution in [2.24, 2.45) is 0 Å². The fraction of sp³-hybridized carbons (Fsp3) is 0.429. The standard InChI is InChI=1S/C21H24Cl3NO2/c1-26-20-10-14(12-25-17-5-3-2-4-6-17)9-19(24)21(20)27-13-15-7-8-16(22)11-18(15)23/h7-11,17,25H,2-6,12-13H2,1H3. The lowest BCUT2D eigenvalue weighted by molar-refractivity contribution is 0.284. The molecule has 1 aliphatic carbocycles. The molecule has 1 fully saturated rings. The molecular weight excluding hydrogens is 405 g/mol. The Hall–Kier alpha value is -1.13. The Morgan fingerprint density at radius 3 is 2.48 bits per heavy atom. The van der Waals surface area contributed by atoms with Crippen molar-refractivity contribution < 1.29 is 9.47 Å². The van der Waals surface area contributed by atoms with E-state index in [1.165, 1.54) is 32.1 Å². The number of hydrogen-bond donors (Lipinski definition) is 1. The first kappa shape index (κ1) is 20.6. The van der Waals surface area contributed by atoms with Crippen LogP contribution >= 0.6 is 34.8 Å². The molecule has 6 heteroatoms. The summed E-state index contributed by atoms with van der Waals surface area (Å²) < 4.78 is 11.4. The Balaban J connectivity index is 1.67. The fourth-order valence-electron chi connectivity index (χ4n) is 3.37. The van der Waals surface area contributed by atoms with Crippen LogP contribution in [-0.4, -0.2) is 13.2 Å². The fourth-order valence-corrected chi connectivity index (χ4v) is 4.12. The van der Waals surface area contributed by atoms with Gasteiger partial charge in [-0.05, 0) is 42.7 Å². The van der Waals surface area contributed by atoms with E-state index in [0.717, 1.165) is 17.7 Å². The summed E-state index contributed by atoms with van der Waals surface area (Å²) in [6.07, 6.45) is 6.45. The number of halogens is 3. The molecule has 0 aliphatic heterocycles. The van der Waals surface area contributed by atoms with Crippen LogP contribution < -0.4 is 14.8 Å². The second-order valence-electron chi connectivity index (χ2n) is 6.85. The summed E-state index contributed by atoms with van der Waals surface area (Å²) in [4.78, 5) is 0. The molecule has 0 atom stereocenters. The first-order chi connectivity index (χ1) is 13.1. The summed E-state index contributed by atoms with van der Waals surface area (Å²) in [6.45, 7) is 1.05. The van der Waals surface area contributed by atoms with Gasteiger partial charge in [-0.3, -0.25) is 0 Å². The van der Waals surface area contributed by atoms with Gasteiger partial charge in [0.1, 0.15) is 6.61 Å². The summed E-state index contributed by atoms with van der Waals surface area (Å²) in [5, 5.41) is 5.30. The quantitative estimate of drug-likeness (QED) is 0.535. The van der Waals surface area contributed by atoms with E-state index in [2.05, 4.69) is 5.32 Å². The Bertz CT molecular complexity index is 776. The van der Waals surface area contributed by atoms with Crippen molar-refractivity contribution >= 4 is 34.8 Å². The van der Waals surface area contributed by atoms with Gasteiger partial charge < -0.3 is 14.8 Å². The number of nitrogens with one attached hydrogen (secondary N) is 1. The number of benzene rings is 2. The monoisotopic (exact) mass is 427 g/mol. The van der Waals surface area contributed by atoms with Gasteiger partial charge in [0.2, 0.25) is 0 Å². The Kier molecular flexibility index (Phi) is 7.54. The Morgan fingerprint density at radius 2 is 1.78 bits per heavy atom. The summed E-state index contributed by atoms with van der Waals surface area (Å²) in [7, 11) is 1.62.